The number of unbranched alkanes of at least 4 members (excludes halogenated alkanes) is 19. The Morgan fingerprint density at radius 1 is 0.276 bits per heavy atom. The second-order valence-electron chi connectivity index (χ2n) is 19.8. The number of hydrogen-bond acceptors (Lipinski definition) is 6. The van der Waals surface area contributed by atoms with Crippen LogP contribution in [0.5, 0.6) is 0 Å². The molecule has 0 N–H and O–H groups in total. The number of carbonyl (C=O) groups excluding carboxylic acids is 3. The van der Waals surface area contributed by atoms with Crippen molar-refractivity contribution >= 4 is 17.9 Å². The molecule has 0 fully saturated rings. The molecule has 0 aliphatic heterocycles. The lowest BCUT2D eigenvalue weighted by Gasteiger charge is -2.18. The van der Waals surface area contributed by atoms with E-state index in [1.165, 1.54) is 70.6 Å². The third kappa shape index (κ3) is 60.2. The molecule has 0 radical (unpaired) electrons. The summed E-state index contributed by atoms with van der Waals surface area (Å²) in [5, 5.41) is 0. The fourth-order valence-electron chi connectivity index (χ4n) is 8.00. The van der Waals surface area contributed by atoms with Gasteiger partial charge in [0.1, 0.15) is 13.2 Å². The maximum absolute atomic E-state index is 12.9. The Bertz CT molecular complexity index is 1680. The average Bonchev–Trinajstić information content (AvgIpc) is 3.42. The molecule has 0 amide bonds. The van der Waals surface area contributed by atoms with Crippen LogP contribution in [0.25, 0.3) is 0 Å². The van der Waals surface area contributed by atoms with Crippen molar-refractivity contribution in [3.05, 3.63) is 146 Å². The molecule has 0 aliphatic rings. The Kier molecular flexibility index (Phi) is 58.9. The van der Waals surface area contributed by atoms with Gasteiger partial charge in [-0.05, 0) is 135 Å². The lowest BCUT2D eigenvalue weighted by atomic mass is 10.0. The topological polar surface area (TPSA) is 78.9 Å². The summed E-state index contributed by atoms with van der Waals surface area (Å²) in [4.78, 5) is 38.2. The van der Waals surface area contributed by atoms with E-state index in [0.29, 0.717) is 19.3 Å². The van der Waals surface area contributed by atoms with E-state index < -0.39 is 6.10 Å². The third-order valence-corrected chi connectivity index (χ3v) is 12.5. The molecule has 0 saturated carbocycles. The molecule has 1 unspecified atom stereocenters. The lowest BCUT2D eigenvalue weighted by Crippen LogP contribution is -2.30. The van der Waals surface area contributed by atoms with Crippen molar-refractivity contribution < 1.29 is 28.6 Å². The second kappa shape index (κ2) is 62.8. The molecule has 428 valence electrons. The first-order valence-electron chi connectivity index (χ1n) is 30.8. The molecule has 0 spiro atoms. The molecule has 0 bridgehead atoms. The van der Waals surface area contributed by atoms with E-state index in [0.717, 1.165) is 141 Å². The van der Waals surface area contributed by atoms with Crippen LogP contribution < -0.4 is 0 Å². The predicted octanol–water partition coefficient (Wildman–Crippen LogP) is 21.2. The Hall–Kier alpha value is -4.71. The maximum atomic E-state index is 12.9. The molecule has 0 aliphatic carbocycles. The van der Waals surface area contributed by atoms with Gasteiger partial charge in [0.2, 0.25) is 0 Å². The minimum atomic E-state index is -0.812. The summed E-state index contributed by atoms with van der Waals surface area (Å²) in [5.74, 6) is -0.966. The van der Waals surface area contributed by atoms with Crippen molar-refractivity contribution in [2.24, 2.45) is 0 Å². The molecule has 0 aromatic rings. The summed E-state index contributed by atoms with van der Waals surface area (Å²) in [6.45, 7) is 6.30. The summed E-state index contributed by atoms with van der Waals surface area (Å²) in [7, 11) is 0. The van der Waals surface area contributed by atoms with E-state index >= 15 is 0 Å². The minimum Gasteiger partial charge on any atom is -0.462 e. The first-order valence-corrected chi connectivity index (χ1v) is 30.8. The van der Waals surface area contributed by atoms with Crippen molar-refractivity contribution in [1.82, 2.24) is 0 Å². The van der Waals surface area contributed by atoms with Crippen LogP contribution in [0.2, 0.25) is 0 Å². The first-order chi connectivity index (χ1) is 37.5. The smallest absolute Gasteiger partial charge is 0.306 e. The van der Waals surface area contributed by atoms with Crippen LogP contribution in [-0.4, -0.2) is 37.2 Å². The van der Waals surface area contributed by atoms with E-state index in [2.05, 4.69) is 167 Å². The van der Waals surface area contributed by atoms with Crippen LogP contribution in [0.3, 0.4) is 0 Å². The van der Waals surface area contributed by atoms with Gasteiger partial charge >= 0.3 is 17.9 Å². The van der Waals surface area contributed by atoms with Crippen LogP contribution in [-0.2, 0) is 28.6 Å². The van der Waals surface area contributed by atoms with Crippen molar-refractivity contribution in [3.8, 4) is 0 Å². The van der Waals surface area contributed by atoms with E-state index in [-0.39, 0.29) is 37.5 Å². The van der Waals surface area contributed by atoms with Gasteiger partial charge in [0, 0.05) is 19.3 Å². The molecule has 0 rings (SSSR count). The van der Waals surface area contributed by atoms with Crippen LogP contribution in [0.15, 0.2) is 146 Å². The number of allylic oxidation sites excluding steroid dienone is 24. The van der Waals surface area contributed by atoms with Crippen molar-refractivity contribution in [2.45, 2.75) is 264 Å². The Morgan fingerprint density at radius 3 is 0.842 bits per heavy atom. The molecule has 1 atom stereocenters. The summed E-state index contributed by atoms with van der Waals surface area (Å²) in [6, 6.07) is 0. The number of rotatable bonds is 54. The maximum Gasteiger partial charge on any atom is 0.306 e. The SMILES string of the molecule is CC/C=C\C/C=C\C/C=C\C/C=C\C/C=C\C/C=C\CCCCC(=O)OC(COC(=O)CCCCCCC/C=C\CCC)COC(=O)CCCCCCCCCCCCC/C=C\C/C=C\C/C=C\C/C=C\C/C=C\CC. The second-order valence-corrected chi connectivity index (χ2v) is 19.8. The van der Waals surface area contributed by atoms with Gasteiger partial charge in [-0.3, -0.25) is 14.4 Å². The average molecular weight is 1050 g/mol. The quantitative estimate of drug-likeness (QED) is 0.0261. The van der Waals surface area contributed by atoms with Crippen molar-refractivity contribution in [3.63, 3.8) is 0 Å². The molecule has 0 aromatic heterocycles. The molecule has 6 nitrogen and oxygen atoms in total. The number of ether oxygens (including phenoxy) is 3. The number of hydrogen-bond donors (Lipinski definition) is 0. The monoisotopic (exact) mass is 1050 g/mol. The zero-order valence-corrected chi connectivity index (χ0v) is 49.0. The van der Waals surface area contributed by atoms with Crippen LogP contribution in [0.1, 0.15) is 258 Å². The molecular formula is C70H112O6. The highest BCUT2D eigenvalue weighted by Crippen LogP contribution is 2.15. The van der Waals surface area contributed by atoms with Crippen molar-refractivity contribution in [2.75, 3.05) is 13.2 Å². The van der Waals surface area contributed by atoms with Gasteiger partial charge in [-0.15, -0.1) is 0 Å². The highest BCUT2D eigenvalue weighted by atomic mass is 16.6. The largest absolute Gasteiger partial charge is 0.462 e. The lowest BCUT2D eigenvalue weighted by molar-refractivity contribution is -0.167. The summed E-state index contributed by atoms with van der Waals surface area (Å²) in [6.07, 6.45) is 90.0. The zero-order valence-electron chi connectivity index (χ0n) is 49.0. The highest BCUT2D eigenvalue weighted by molar-refractivity contribution is 5.71. The summed E-state index contributed by atoms with van der Waals surface area (Å²) in [5.41, 5.74) is 0. The molecule has 76 heavy (non-hydrogen) atoms. The molecule has 0 heterocycles. The van der Waals surface area contributed by atoms with Gasteiger partial charge in [0.15, 0.2) is 6.10 Å². The van der Waals surface area contributed by atoms with Gasteiger partial charge in [0.05, 0.1) is 0 Å². The van der Waals surface area contributed by atoms with E-state index in [4.69, 9.17) is 14.2 Å². The van der Waals surface area contributed by atoms with Gasteiger partial charge in [-0.2, -0.15) is 0 Å². The molecular weight excluding hydrogens is 937 g/mol. The van der Waals surface area contributed by atoms with E-state index in [9.17, 15) is 14.4 Å². The number of carbonyl (C=O) groups is 3. The number of esters is 3. The Labute approximate surface area is 467 Å². The van der Waals surface area contributed by atoms with E-state index in [1.807, 2.05) is 0 Å². The summed E-state index contributed by atoms with van der Waals surface area (Å²) >= 11 is 0. The van der Waals surface area contributed by atoms with Crippen LogP contribution >= 0.6 is 0 Å². The highest BCUT2D eigenvalue weighted by Gasteiger charge is 2.19. The Morgan fingerprint density at radius 2 is 0.513 bits per heavy atom. The summed E-state index contributed by atoms with van der Waals surface area (Å²) < 4.78 is 16.8. The molecule has 0 saturated heterocycles. The third-order valence-electron chi connectivity index (χ3n) is 12.5. The zero-order chi connectivity index (χ0) is 55.0. The van der Waals surface area contributed by atoms with Crippen LogP contribution in [0.4, 0.5) is 0 Å². The van der Waals surface area contributed by atoms with Gasteiger partial charge in [0.25, 0.3) is 0 Å². The first kappa shape index (κ1) is 71.3. The van der Waals surface area contributed by atoms with Gasteiger partial charge in [-0.25, -0.2) is 0 Å². The standard InChI is InChI=1S/C70H112O6/c1-4-7-10-13-16-19-22-24-26-28-30-32-33-34-35-36-37-39-40-42-44-46-48-51-54-57-60-63-69(72)75-66-67(65-74-68(71)62-59-56-53-50-21-18-15-12-9-6-3)76-70(73)64-61-58-55-52-49-47-45-43-41-38-31-29-27-25-23-20-17-14-11-8-5-2/h7-8,10-12,15-17,19-20,24-27,30-32,34-35,38,43,45,49,52,67H,4-6,9,13-14,18,21-23,28-29,33,36-37,39-42,44,46-48,50-51,53-66H2,1-3H3/b10-7-,11-8-,15-12-,19-16-,20-17-,26-24-,27-25-,32-30-,35-34-,38-31-,45-43-,52-49-. The molecule has 6 heteroatoms. The Balaban J connectivity index is 4.35. The van der Waals surface area contributed by atoms with E-state index in [1.54, 1.807) is 0 Å². The van der Waals surface area contributed by atoms with Gasteiger partial charge in [-0.1, -0.05) is 250 Å². The van der Waals surface area contributed by atoms with Gasteiger partial charge < -0.3 is 14.2 Å². The van der Waals surface area contributed by atoms with Crippen LogP contribution in [0, 0.1) is 0 Å². The minimum absolute atomic E-state index is 0.105. The fourth-order valence-corrected chi connectivity index (χ4v) is 8.00. The fraction of sp³-hybridized carbons (Fsp3) is 0.614. The molecule has 0 aromatic carbocycles. The normalized spacial score (nSPS) is 13.1. The van der Waals surface area contributed by atoms with Crippen molar-refractivity contribution in [1.29, 1.82) is 0 Å². The predicted molar refractivity (Wildman–Crippen MR) is 329 cm³/mol.